The van der Waals surface area contributed by atoms with Gasteiger partial charge in [0.1, 0.15) is 5.78 Å². The van der Waals surface area contributed by atoms with E-state index in [1.54, 1.807) is 7.11 Å². The van der Waals surface area contributed by atoms with Gasteiger partial charge in [0.05, 0.1) is 12.0 Å². The van der Waals surface area contributed by atoms with Gasteiger partial charge < -0.3 is 15.2 Å². The Balaban J connectivity index is 3.93. The van der Waals surface area contributed by atoms with Crippen LogP contribution in [0.3, 0.4) is 0 Å². The molecule has 4 heteroatoms. The van der Waals surface area contributed by atoms with Crippen LogP contribution in [0.15, 0.2) is 0 Å². The lowest BCUT2D eigenvalue weighted by atomic mass is 10.1. The predicted molar refractivity (Wildman–Crippen MR) is 59.5 cm³/mol. The highest BCUT2D eigenvalue weighted by Gasteiger charge is 2.20. The molecule has 0 aromatic carbocycles. The number of hydrogen-bond donors (Lipinski definition) is 1. The molecule has 0 rings (SSSR count). The van der Waals surface area contributed by atoms with Crippen LogP contribution in [0.25, 0.3) is 0 Å². The molecule has 0 aliphatic rings. The summed E-state index contributed by atoms with van der Waals surface area (Å²) in [6.07, 6.45) is 1.08. The maximum Gasteiger partial charge on any atom is 0.164 e. The lowest BCUT2D eigenvalue weighted by Gasteiger charge is -2.26. The van der Waals surface area contributed by atoms with Gasteiger partial charge in [0.25, 0.3) is 0 Å². The molecule has 4 nitrogen and oxygen atoms in total. The molecule has 0 aromatic rings. The largest absolute Gasteiger partial charge is 0.355 e. The van der Waals surface area contributed by atoms with Gasteiger partial charge in [-0.25, -0.2) is 0 Å². The molecular formula is C11H23NO3. The SMILES string of the molecule is COC(CC(=O)CCCN)OC(C)(C)C. The molecule has 15 heavy (non-hydrogen) atoms. The summed E-state index contributed by atoms with van der Waals surface area (Å²) in [4.78, 5) is 11.4. The number of nitrogens with two attached hydrogens (primary N) is 1. The maximum atomic E-state index is 11.4. The second-order valence-corrected chi connectivity index (χ2v) is 4.53. The summed E-state index contributed by atoms with van der Waals surface area (Å²) in [6, 6.07) is 0. The van der Waals surface area contributed by atoms with E-state index in [-0.39, 0.29) is 11.4 Å². The van der Waals surface area contributed by atoms with Gasteiger partial charge in [0, 0.05) is 13.5 Å². The van der Waals surface area contributed by atoms with Gasteiger partial charge in [-0.2, -0.15) is 0 Å². The first-order valence-corrected chi connectivity index (χ1v) is 5.31. The second-order valence-electron chi connectivity index (χ2n) is 4.53. The lowest BCUT2D eigenvalue weighted by molar-refractivity contribution is -0.186. The third-order valence-corrected chi connectivity index (χ3v) is 1.80. The fourth-order valence-corrected chi connectivity index (χ4v) is 1.15. The van der Waals surface area contributed by atoms with Crippen LogP contribution in [-0.4, -0.2) is 31.3 Å². The van der Waals surface area contributed by atoms with E-state index in [0.29, 0.717) is 19.4 Å². The predicted octanol–water partition coefficient (Wildman–Crippen LogP) is 1.47. The zero-order valence-electron chi connectivity index (χ0n) is 10.2. The van der Waals surface area contributed by atoms with Gasteiger partial charge in [0.2, 0.25) is 0 Å². The molecule has 0 saturated carbocycles. The minimum atomic E-state index is -0.449. The highest BCUT2D eigenvalue weighted by molar-refractivity contribution is 5.78. The van der Waals surface area contributed by atoms with Crippen LogP contribution >= 0.6 is 0 Å². The van der Waals surface area contributed by atoms with Gasteiger partial charge in [-0.3, -0.25) is 4.79 Å². The molecular weight excluding hydrogens is 194 g/mol. The van der Waals surface area contributed by atoms with E-state index in [9.17, 15) is 4.79 Å². The zero-order chi connectivity index (χ0) is 11.9. The zero-order valence-corrected chi connectivity index (χ0v) is 10.2. The van der Waals surface area contributed by atoms with Crippen LogP contribution in [0.5, 0.6) is 0 Å². The molecule has 0 aliphatic heterocycles. The number of Topliss-reactive ketones (excluding diaryl/α,β-unsaturated/α-hetero) is 1. The highest BCUT2D eigenvalue weighted by atomic mass is 16.7. The van der Waals surface area contributed by atoms with Crippen molar-refractivity contribution in [3.63, 3.8) is 0 Å². The molecule has 1 atom stereocenters. The van der Waals surface area contributed by atoms with Crippen LogP contribution in [0.4, 0.5) is 0 Å². The summed E-state index contributed by atoms with van der Waals surface area (Å²) >= 11 is 0. The summed E-state index contributed by atoms with van der Waals surface area (Å²) in [5.41, 5.74) is 5.03. The smallest absolute Gasteiger partial charge is 0.164 e. The second kappa shape index (κ2) is 6.93. The Morgan fingerprint density at radius 1 is 1.40 bits per heavy atom. The molecule has 0 amide bonds. The van der Waals surface area contributed by atoms with E-state index in [4.69, 9.17) is 15.2 Å². The van der Waals surface area contributed by atoms with Gasteiger partial charge in [-0.05, 0) is 33.7 Å². The van der Waals surface area contributed by atoms with Crippen LogP contribution in [-0.2, 0) is 14.3 Å². The van der Waals surface area contributed by atoms with E-state index in [2.05, 4.69) is 0 Å². The van der Waals surface area contributed by atoms with Crippen molar-refractivity contribution in [2.24, 2.45) is 5.73 Å². The molecule has 90 valence electrons. The molecule has 2 N–H and O–H groups in total. The first-order chi connectivity index (χ1) is 6.89. The number of ether oxygens (including phenoxy) is 2. The van der Waals surface area contributed by atoms with Crippen LogP contribution in [0, 0.1) is 0 Å². The Bertz CT molecular complexity index is 187. The van der Waals surface area contributed by atoms with E-state index in [0.717, 1.165) is 6.42 Å². The van der Waals surface area contributed by atoms with E-state index in [1.165, 1.54) is 0 Å². The van der Waals surface area contributed by atoms with E-state index >= 15 is 0 Å². The van der Waals surface area contributed by atoms with Gasteiger partial charge in [0.15, 0.2) is 6.29 Å². The Morgan fingerprint density at radius 2 is 2.00 bits per heavy atom. The average Bonchev–Trinajstić information content (AvgIpc) is 2.11. The summed E-state index contributed by atoms with van der Waals surface area (Å²) in [5, 5.41) is 0. The molecule has 0 spiro atoms. The fourth-order valence-electron chi connectivity index (χ4n) is 1.15. The minimum absolute atomic E-state index is 0.136. The summed E-state index contributed by atoms with van der Waals surface area (Å²) in [5.74, 6) is 0.136. The molecule has 0 bridgehead atoms. The monoisotopic (exact) mass is 217 g/mol. The van der Waals surface area contributed by atoms with Crippen LogP contribution in [0.2, 0.25) is 0 Å². The summed E-state index contributed by atoms with van der Waals surface area (Å²) in [7, 11) is 1.55. The Kier molecular flexibility index (Phi) is 6.72. The van der Waals surface area contributed by atoms with Crippen molar-refractivity contribution in [3.8, 4) is 0 Å². The van der Waals surface area contributed by atoms with Crippen molar-refractivity contribution in [3.05, 3.63) is 0 Å². The number of ketones is 1. The topological polar surface area (TPSA) is 61.5 Å². The molecule has 0 fully saturated rings. The van der Waals surface area contributed by atoms with Crippen LogP contribution < -0.4 is 5.73 Å². The summed E-state index contributed by atoms with van der Waals surface area (Å²) in [6.45, 7) is 6.35. The number of hydrogen-bond acceptors (Lipinski definition) is 4. The van der Waals surface area contributed by atoms with Crippen molar-refractivity contribution in [2.45, 2.75) is 51.9 Å². The van der Waals surface area contributed by atoms with Crippen molar-refractivity contribution in [2.75, 3.05) is 13.7 Å². The first kappa shape index (κ1) is 14.6. The third kappa shape index (κ3) is 8.54. The Labute approximate surface area is 92.1 Å². The number of carbonyl (C=O) groups is 1. The standard InChI is InChI=1S/C11H23NO3/c1-11(2,3)15-10(14-4)8-9(13)6-5-7-12/h10H,5-8,12H2,1-4H3. The minimum Gasteiger partial charge on any atom is -0.355 e. The molecule has 1 unspecified atom stereocenters. The molecule has 0 aromatic heterocycles. The van der Waals surface area contributed by atoms with Gasteiger partial charge >= 0.3 is 0 Å². The Morgan fingerprint density at radius 3 is 2.40 bits per heavy atom. The van der Waals surface area contributed by atoms with Crippen molar-refractivity contribution in [1.82, 2.24) is 0 Å². The molecule has 0 saturated heterocycles. The molecule has 0 radical (unpaired) electrons. The highest BCUT2D eigenvalue weighted by Crippen LogP contribution is 2.14. The first-order valence-electron chi connectivity index (χ1n) is 5.31. The average molecular weight is 217 g/mol. The number of methoxy groups -OCH3 is 1. The molecule has 0 aliphatic carbocycles. The number of carbonyl (C=O) groups excluding carboxylic acids is 1. The fraction of sp³-hybridized carbons (Fsp3) is 0.909. The van der Waals surface area contributed by atoms with Gasteiger partial charge in [-0.15, -0.1) is 0 Å². The lowest BCUT2D eigenvalue weighted by Crippen LogP contribution is -2.30. The normalized spacial score (nSPS) is 13.9. The van der Waals surface area contributed by atoms with Crippen molar-refractivity contribution < 1.29 is 14.3 Å². The van der Waals surface area contributed by atoms with Crippen LogP contribution in [0.1, 0.15) is 40.0 Å². The Hall–Kier alpha value is -0.450. The van der Waals surface area contributed by atoms with E-state index < -0.39 is 6.29 Å². The quantitative estimate of drug-likeness (QED) is 0.656. The van der Waals surface area contributed by atoms with E-state index in [1.807, 2.05) is 20.8 Å². The number of rotatable bonds is 7. The molecule has 0 heterocycles. The summed E-state index contributed by atoms with van der Waals surface area (Å²) < 4.78 is 10.7. The third-order valence-electron chi connectivity index (χ3n) is 1.80. The van der Waals surface area contributed by atoms with Gasteiger partial charge in [-0.1, -0.05) is 0 Å². The van der Waals surface area contributed by atoms with Crippen molar-refractivity contribution >= 4 is 5.78 Å². The van der Waals surface area contributed by atoms with Crippen molar-refractivity contribution in [1.29, 1.82) is 0 Å². The maximum absolute atomic E-state index is 11.4.